The zero-order chi connectivity index (χ0) is 23.0. The number of aryl methyl sites for hydroxylation is 1. The van der Waals surface area contributed by atoms with Crippen LogP contribution in [0.1, 0.15) is 64.3 Å². The van der Waals surface area contributed by atoms with Crippen molar-refractivity contribution in [3.8, 4) is 0 Å². The van der Waals surface area contributed by atoms with Gasteiger partial charge >= 0.3 is 0 Å². The maximum absolute atomic E-state index is 13.3. The fraction of sp³-hybridized carbons (Fsp3) is 0.538. The zero-order valence-corrected chi connectivity index (χ0v) is 20.1. The molecule has 0 aliphatic carbocycles. The van der Waals surface area contributed by atoms with Gasteiger partial charge in [0, 0.05) is 37.4 Å². The van der Waals surface area contributed by atoms with Crippen LogP contribution in [0.3, 0.4) is 0 Å². The fourth-order valence-electron chi connectivity index (χ4n) is 3.78. The molecule has 1 atom stereocenters. The standard InChI is InChI=1S/C26H39N3O2/c1-7-22(6)29(26(31)19-28(16-20(3)4)25(30)8-2)18-24-14-11-15-27(24)17-23-13-10-9-12-21(23)5/h9-15,20,22H,7-8,16-19H2,1-6H3/t22-/m1/s1. The molecule has 170 valence electrons. The summed E-state index contributed by atoms with van der Waals surface area (Å²) >= 11 is 0. The molecule has 0 fully saturated rings. The van der Waals surface area contributed by atoms with E-state index in [9.17, 15) is 9.59 Å². The minimum atomic E-state index is 0.0143. The van der Waals surface area contributed by atoms with Crippen LogP contribution in [0.25, 0.3) is 0 Å². The smallest absolute Gasteiger partial charge is 0.242 e. The molecule has 2 amide bonds. The molecule has 1 aromatic heterocycles. The summed E-state index contributed by atoms with van der Waals surface area (Å²) in [4.78, 5) is 29.4. The molecule has 0 unspecified atom stereocenters. The molecule has 2 rings (SSSR count). The topological polar surface area (TPSA) is 45.6 Å². The highest BCUT2D eigenvalue weighted by molar-refractivity contribution is 5.85. The first-order valence-electron chi connectivity index (χ1n) is 11.5. The molecule has 0 N–H and O–H groups in total. The number of hydrogen-bond donors (Lipinski definition) is 0. The molecule has 2 aromatic rings. The Kier molecular flexibility index (Phi) is 9.35. The molecular weight excluding hydrogens is 386 g/mol. The molecule has 0 aliphatic rings. The summed E-state index contributed by atoms with van der Waals surface area (Å²) in [7, 11) is 0. The van der Waals surface area contributed by atoms with Crippen molar-refractivity contribution in [2.75, 3.05) is 13.1 Å². The number of carbonyl (C=O) groups is 2. The van der Waals surface area contributed by atoms with Crippen LogP contribution in [-0.2, 0) is 22.7 Å². The van der Waals surface area contributed by atoms with E-state index < -0.39 is 0 Å². The van der Waals surface area contributed by atoms with Gasteiger partial charge in [-0.2, -0.15) is 0 Å². The second-order valence-corrected chi connectivity index (χ2v) is 8.85. The van der Waals surface area contributed by atoms with Crippen molar-refractivity contribution < 1.29 is 9.59 Å². The molecular formula is C26H39N3O2. The lowest BCUT2D eigenvalue weighted by Crippen LogP contribution is -2.46. The molecule has 0 spiro atoms. The predicted octanol–water partition coefficient (Wildman–Crippen LogP) is 4.87. The molecule has 0 bridgehead atoms. The van der Waals surface area contributed by atoms with E-state index in [1.807, 2.05) is 17.9 Å². The van der Waals surface area contributed by atoms with Crippen molar-refractivity contribution in [3.63, 3.8) is 0 Å². The summed E-state index contributed by atoms with van der Waals surface area (Å²) in [6.45, 7) is 14.4. The number of carbonyl (C=O) groups excluding carboxylic acids is 2. The Morgan fingerprint density at radius 2 is 1.71 bits per heavy atom. The summed E-state index contributed by atoms with van der Waals surface area (Å²) in [5.74, 6) is 0.376. The van der Waals surface area contributed by atoms with Gasteiger partial charge in [-0.15, -0.1) is 0 Å². The molecule has 0 saturated heterocycles. The van der Waals surface area contributed by atoms with Gasteiger partial charge < -0.3 is 14.4 Å². The molecule has 0 saturated carbocycles. The SMILES string of the molecule is CCC(=O)N(CC(=O)N(Cc1cccn1Cc1ccccc1C)[C@H](C)CC)CC(C)C. The van der Waals surface area contributed by atoms with Crippen molar-refractivity contribution in [3.05, 3.63) is 59.4 Å². The van der Waals surface area contributed by atoms with Gasteiger partial charge in [-0.1, -0.05) is 52.0 Å². The molecule has 0 radical (unpaired) electrons. The molecule has 5 heteroatoms. The van der Waals surface area contributed by atoms with Gasteiger partial charge in [0.25, 0.3) is 0 Å². The van der Waals surface area contributed by atoms with Crippen LogP contribution >= 0.6 is 0 Å². The third-order valence-electron chi connectivity index (χ3n) is 5.87. The van der Waals surface area contributed by atoms with Gasteiger partial charge in [-0.05, 0) is 49.4 Å². The van der Waals surface area contributed by atoms with Crippen LogP contribution in [0.5, 0.6) is 0 Å². The number of hydrogen-bond acceptors (Lipinski definition) is 2. The van der Waals surface area contributed by atoms with Crippen LogP contribution in [0.2, 0.25) is 0 Å². The average molecular weight is 426 g/mol. The third-order valence-corrected chi connectivity index (χ3v) is 5.87. The number of amides is 2. The van der Waals surface area contributed by atoms with E-state index >= 15 is 0 Å². The van der Waals surface area contributed by atoms with E-state index in [1.54, 1.807) is 4.90 Å². The molecule has 1 heterocycles. The zero-order valence-electron chi connectivity index (χ0n) is 20.1. The number of rotatable bonds is 11. The Bertz CT molecular complexity index is 856. The monoisotopic (exact) mass is 425 g/mol. The summed E-state index contributed by atoms with van der Waals surface area (Å²) in [5.41, 5.74) is 3.64. The minimum Gasteiger partial charge on any atom is -0.345 e. The van der Waals surface area contributed by atoms with Gasteiger partial charge in [0.05, 0.1) is 13.1 Å². The lowest BCUT2D eigenvalue weighted by molar-refractivity contribution is -0.142. The number of nitrogens with zero attached hydrogens (tertiary/aromatic N) is 3. The highest BCUT2D eigenvalue weighted by atomic mass is 16.2. The van der Waals surface area contributed by atoms with Crippen LogP contribution in [0.4, 0.5) is 0 Å². The van der Waals surface area contributed by atoms with Crippen LogP contribution in [0.15, 0.2) is 42.6 Å². The third kappa shape index (κ3) is 6.98. The molecule has 5 nitrogen and oxygen atoms in total. The molecule has 0 aliphatic heterocycles. The highest BCUT2D eigenvalue weighted by Gasteiger charge is 2.25. The van der Waals surface area contributed by atoms with E-state index in [-0.39, 0.29) is 24.4 Å². The summed E-state index contributed by atoms with van der Waals surface area (Å²) in [5, 5.41) is 0. The second kappa shape index (κ2) is 11.7. The van der Waals surface area contributed by atoms with Gasteiger partial charge in [-0.3, -0.25) is 9.59 Å². The van der Waals surface area contributed by atoms with Crippen LogP contribution in [0, 0.1) is 12.8 Å². The summed E-state index contributed by atoms with van der Waals surface area (Å²) in [6.07, 6.45) is 3.37. The lowest BCUT2D eigenvalue weighted by atomic mass is 10.1. The van der Waals surface area contributed by atoms with E-state index in [1.165, 1.54) is 11.1 Å². The average Bonchev–Trinajstić information content (AvgIpc) is 3.18. The minimum absolute atomic E-state index is 0.0143. The first kappa shape index (κ1) is 24.7. The summed E-state index contributed by atoms with van der Waals surface area (Å²) in [6, 6.07) is 12.6. The lowest BCUT2D eigenvalue weighted by Gasteiger charge is -2.32. The van der Waals surface area contributed by atoms with Crippen molar-refractivity contribution in [1.29, 1.82) is 0 Å². The Hall–Kier alpha value is -2.56. The largest absolute Gasteiger partial charge is 0.345 e. The first-order chi connectivity index (χ1) is 14.8. The maximum atomic E-state index is 13.3. The van der Waals surface area contributed by atoms with Crippen molar-refractivity contribution in [2.45, 2.75) is 73.5 Å². The van der Waals surface area contributed by atoms with E-state index in [0.717, 1.165) is 18.7 Å². The van der Waals surface area contributed by atoms with Gasteiger partial charge in [0.2, 0.25) is 11.8 Å². The predicted molar refractivity (Wildman–Crippen MR) is 127 cm³/mol. The van der Waals surface area contributed by atoms with E-state index in [0.29, 0.717) is 25.4 Å². The van der Waals surface area contributed by atoms with Gasteiger partial charge in [-0.25, -0.2) is 0 Å². The Balaban J connectivity index is 2.20. The molecule has 1 aromatic carbocycles. The first-order valence-corrected chi connectivity index (χ1v) is 11.5. The van der Waals surface area contributed by atoms with Crippen molar-refractivity contribution in [2.24, 2.45) is 5.92 Å². The molecule has 31 heavy (non-hydrogen) atoms. The Morgan fingerprint density at radius 3 is 2.32 bits per heavy atom. The maximum Gasteiger partial charge on any atom is 0.242 e. The van der Waals surface area contributed by atoms with E-state index in [2.05, 4.69) is 75.7 Å². The fourth-order valence-corrected chi connectivity index (χ4v) is 3.78. The van der Waals surface area contributed by atoms with Crippen molar-refractivity contribution >= 4 is 11.8 Å². The number of benzene rings is 1. The van der Waals surface area contributed by atoms with Crippen molar-refractivity contribution in [1.82, 2.24) is 14.4 Å². The van der Waals surface area contributed by atoms with Gasteiger partial charge in [0.15, 0.2) is 0 Å². The number of aromatic nitrogens is 1. The quantitative estimate of drug-likeness (QED) is 0.516. The Morgan fingerprint density at radius 1 is 1.00 bits per heavy atom. The Labute approximate surface area is 188 Å². The van der Waals surface area contributed by atoms with Crippen LogP contribution < -0.4 is 0 Å². The van der Waals surface area contributed by atoms with Crippen LogP contribution in [-0.4, -0.2) is 45.3 Å². The van der Waals surface area contributed by atoms with Gasteiger partial charge in [0.1, 0.15) is 0 Å². The summed E-state index contributed by atoms with van der Waals surface area (Å²) < 4.78 is 2.22. The highest BCUT2D eigenvalue weighted by Crippen LogP contribution is 2.16. The second-order valence-electron chi connectivity index (χ2n) is 8.85. The normalized spacial score (nSPS) is 12.1. The van der Waals surface area contributed by atoms with E-state index in [4.69, 9.17) is 0 Å².